The highest BCUT2D eigenvalue weighted by Gasteiger charge is 2.35. The van der Waals surface area contributed by atoms with Gasteiger partial charge in [-0.05, 0) is 30.3 Å². The molecule has 0 N–H and O–H groups in total. The zero-order valence-corrected chi connectivity index (χ0v) is 16.1. The number of hydrogen-bond donors (Lipinski definition) is 0. The number of alkyl halides is 3. The van der Waals surface area contributed by atoms with Crippen LogP contribution in [0, 0.1) is 0 Å². The first-order chi connectivity index (χ1) is 13.2. The van der Waals surface area contributed by atoms with E-state index in [-0.39, 0.29) is 16.4 Å². The van der Waals surface area contributed by atoms with Gasteiger partial charge in [0, 0.05) is 22.2 Å². The van der Waals surface area contributed by atoms with E-state index >= 15 is 0 Å². The van der Waals surface area contributed by atoms with E-state index in [4.69, 9.17) is 34.8 Å². The lowest BCUT2D eigenvalue weighted by Gasteiger charge is -2.11. The summed E-state index contributed by atoms with van der Waals surface area (Å²) in [7, 11) is 0. The van der Waals surface area contributed by atoms with Gasteiger partial charge in [-0.1, -0.05) is 53.0 Å². The van der Waals surface area contributed by atoms with E-state index in [1.807, 2.05) is 0 Å². The van der Waals surface area contributed by atoms with E-state index < -0.39 is 11.9 Å². The Balaban J connectivity index is 1.95. The fourth-order valence-corrected chi connectivity index (χ4v) is 3.26. The van der Waals surface area contributed by atoms with Crippen LogP contribution in [0.25, 0.3) is 28.2 Å². The maximum Gasteiger partial charge on any atom is 0.433 e. The first kappa shape index (κ1) is 19.1. The van der Waals surface area contributed by atoms with Crippen LogP contribution in [0.3, 0.4) is 0 Å². The zero-order chi connectivity index (χ0) is 20.1. The molecule has 4 aromatic rings. The summed E-state index contributed by atoms with van der Waals surface area (Å²) in [6.45, 7) is 0. The van der Waals surface area contributed by atoms with Crippen LogP contribution in [0.2, 0.25) is 15.1 Å². The second kappa shape index (κ2) is 6.95. The highest BCUT2D eigenvalue weighted by atomic mass is 35.5. The van der Waals surface area contributed by atoms with Crippen LogP contribution < -0.4 is 0 Å². The lowest BCUT2D eigenvalue weighted by Crippen LogP contribution is -2.13. The van der Waals surface area contributed by atoms with Gasteiger partial charge in [-0.25, -0.2) is 9.50 Å². The molecule has 0 amide bonds. The molecule has 0 saturated heterocycles. The number of aromatic nitrogens is 3. The molecule has 0 fully saturated rings. The minimum absolute atomic E-state index is 0.0471. The smallest absolute Gasteiger partial charge is 0.228 e. The van der Waals surface area contributed by atoms with Crippen molar-refractivity contribution >= 4 is 40.4 Å². The number of rotatable bonds is 2. The number of halogens is 6. The third-order valence-corrected chi connectivity index (χ3v) is 5.03. The Kier molecular flexibility index (Phi) is 4.73. The Morgan fingerprint density at radius 3 is 2.21 bits per heavy atom. The summed E-state index contributed by atoms with van der Waals surface area (Å²) in [6, 6.07) is 13.6. The van der Waals surface area contributed by atoms with Gasteiger partial charge < -0.3 is 0 Å². The van der Waals surface area contributed by atoms with Crippen molar-refractivity contribution in [1.82, 2.24) is 14.6 Å². The zero-order valence-electron chi connectivity index (χ0n) is 13.8. The Hall–Kier alpha value is -2.28. The molecular formula is C19H9Cl3F3N3. The molecule has 0 aliphatic rings. The maximum absolute atomic E-state index is 13.7. The fourth-order valence-electron chi connectivity index (χ4n) is 2.77. The van der Waals surface area contributed by atoms with Gasteiger partial charge in [-0.3, -0.25) is 0 Å². The molecule has 2 heterocycles. The minimum Gasteiger partial charge on any atom is -0.228 e. The number of hydrogen-bond acceptors (Lipinski definition) is 2. The van der Waals surface area contributed by atoms with Gasteiger partial charge in [-0.2, -0.15) is 18.3 Å². The summed E-state index contributed by atoms with van der Waals surface area (Å²) in [6.07, 6.45) is -4.63. The van der Waals surface area contributed by atoms with Crippen molar-refractivity contribution in [2.45, 2.75) is 6.18 Å². The van der Waals surface area contributed by atoms with E-state index in [1.54, 1.807) is 36.4 Å². The highest BCUT2D eigenvalue weighted by molar-refractivity contribution is 6.42. The summed E-state index contributed by atoms with van der Waals surface area (Å²) in [5.74, 6) is 0. The molecule has 0 unspecified atom stereocenters. The summed E-state index contributed by atoms with van der Waals surface area (Å²) in [5, 5.41) is 5.10. The van der Waals surface area contributed by atoms with E-state index in [0.717, 1.165) is 10.6 Å². The Labute approximate surface area is 172 Å². The van der Waals surface area contributed by atoms with Crippen LogP contribution in [0.1, 0.15) is 5.69 Å². The van der Waals surface area contributed by atoms with Crippen LogP contribution in [0.5, 0.6) is 0 Å². The molecule has 0 aliphatic heterocycles. The Morgan fingerprint density at radius 2 is 1.54 bits per heavy atom. The van der Waals surface area contributed by atoms with Crippen molar-refractivity contribution in [2.75, 3.05) is 0 Å². The number of benzene rings is 2. The third kappa shape index (κ3) is 3.55. The van der Waals surface area contributed by atoms with Crippen molar-refractivity contribution in [3.8, 4) is 22.5 Å². The summed E-state index contributed by atoms with van der Waals surface area (Å²) in [5.41, 5.74) is 0.530. The normalized spacial score (nSPS) is 11.9. The molecule has 4 rings (SSSR count). The fraction of sp³-hybridized carbons (Fsp3) is 0.0526. The largest absolute Gasteiger partial charge is 0.433 e. The average Bonchev–Trinajstić information content (AvgIpc) is 3.06. The second-order valence-corrected chi connectivity index (χ2v) is 7.21. The lowest BCUT2D eigenvalue weighted by atomic mass is 10.1. The van der Waals surface area contributed by atoms with Crippen LogP contribution in [-0.4, -0.2) is 14.6 Å². The molecule has 0 saturated carbocycles. The average molecular weight is 443 g/mol. The third-order valence-electron chi connectivity index (χ3n) is 4.05. The molecule has 0 radical (unpaired) electrons. The molecule has 28 heavy (non-hydrogen) atoms. The van der Waals surface area contributed by atoms with Crippen molar-refractivity contribution in [1.29, 1.82) is 0 Å². The molecule has 142 valence electrons. The van der Waals surface area contributed by atoms with Crippen molar-refractivity contribution in [3.63, 3.8) is 0 Å². The predicted octanol–water partition coefficient (Wildman–Crippen LogP) is 7.04. The van der Waals surface area contributed by atoms with Crippen LogP contribution in [-0.2, 0) is 6.18 Å². The molecule has 0 spiro atoms. The molecule has 2 aromatic heterocycles. The van der Waals surface area contributed by atoms with Gasteiger partial charge in [0.1, 0.15) is 0 Å². The van der Waals surface area contributed by atoms with Crippen molar-refractivity contribution in [3.05, 3.63) is 75.4 Å². The SMILES string of the molecule is FC(F)(F)c1cc(-c2cccc(Cl)c2)nc2cc(-c3ccc(Cl)c(Cl)c3)nn12. The Morgan fingerprint density at radius 1 is 0.786 bits per heavy atom. The van der Waals surface area contributed by atoms with E-state index in [0.29, 0.717) is 26.9 Å². The number of fused-ring (bicyclic) bond motifs is 1. The van der Waals surface area contributed by atoms with Crippen molar-refractivity contribution in [2.24, 2.45) is 0 Å². The van der Waals surface area contributed by atoms with E-state index in [9.17, 15) is 13.2 Å². The monoisotopic (exact) mass is 441 g/mol. The summed E-state index contributed by atoms with van der Waals surface area (Å²) in [4.78, 5) is 4.33. The summed E-state index contributed by atoms with van der Waals surface area (Å²) < 4.78 is 41.8. The lowest BCUT2D eigenvalue weighted by molar-refractivity contribution is -0.142. The molecule has 0 aliphatic carbocycles. The van der Waals surface area contributed by atoms with Gasteiger partial charge in [0.05, 0.1) is 21.4 Å². The molecule has 2 aromatic carbocycles. The number of nitrogens with zero attached hydrogens (tertiary/aromatic N) is 3. The highest BCUT2D eigenvalue weighted by Crippen LogP contribution is 2.34. The first-order valence-corrected chi connectivity index (χ1v) is 9.05. The second-order valence-electron chi connectivity index (χ2n) is 5.96. The Bertz CT molecular complexity index is 1200. The maximum atomic E-state index is 13.7. The quantitative estimate of drug-likeness (QED) is 0.333. The molecule has 9 heteroatoms. The van der Waals surface area contributed by atoms with E-state index in [2.05, 4.69) is 10.1 Å². The van der Waals surface area contributed by atoms with Gasteiger partial charge in [0.2, 0.25) is 0 Å². The van der Waals surface area contributed by atoms with Crippen LogP contribution in [0.4, 0.5) is 13.2 Å². The standard InChI is InChI=1S/C19H9Cl3F3N3/c20-12-3-1-2-10(6-12)15-8-17(19(23,24)25)28-18(26-15)9-16(27-28)11-4-5-13(21)14(22)7-11/h1-9H. The topological polar surface area (TPSA) is 30.2 Å². The van der Waals surface area contributed by atoms with Gasteiger partial charge >= 0.3 is 6.18 Å². The first-order valence-electron chi connectivity index (χ1n) is 7.92. The van der Waals surface area contributed by atoms with Gasteiger partial charge in [-0.15, -0.1) is 0 Å². The molecule has 3 nitrogen and oxygen atoms in total. The minimum atomic E-state index is -4.63. The van der Waals surface area contributed by atoms with Crippen LogP contribution >= 0.6 is 34.8 Å². The molecule has 0 atom stereocenters. The van der Waals surface area contributed by atoms with Crippen molar-refractivity contribution < 1.29 is 13.2 Å². The molecule has 0 bridgehead atoms. The van der Waals surface area contributed by atoms with E-state index in [1.165, 1.54) is 12.1 Å². The van der Waals surface area contributed by atoms with Gasteiger partial charge in [0.15, 0.2) is 11.3 Å². The molecular weight excluding hydrogens is 434 g/mol. The summed E-state index contributed by atoms with van der Waals surface area (Å²) >= 11 is 17.9. The van der Waals surface area contributed by atoms with Gasteiger partial charge in [0.25, 0.3) is 0 Å². The predicted molar refractivity (Wildman–Crippen MR) is 104 cm³/mol. The van der Waals surface area contributed by atoms with Crippen LogP contribution in [0.15, 0.2) is 54.6 Å².